The Balaban J connectivity index is 1.82. The summed E-state index contributed by atoms with van der Waals surface area (Å²) in [4.78, 5) is 31.1. The quantitative estimate of drug-likeness (QED) is 0.304. The fraction of sp³-hybridized carbons (Fsp3) is 0.360. The molecule has 0 fully saturated rings. The van der Waals surface area contributed by atoms with Crippen LogP contribution >= 0.6 is 46.4 Å². The molecular formula is C25H27Cl4N3O2. The molecule has 0 aliphatic heterocycles. The van der Waals surface area contributed by atoms with Crippen molar-refractivity contribution in [2.75, 3.05) is 19.6 Å². The fourth-order valence-corrected chi connectivity index (χ4v) is 4.42. The Hall–Kier alpha value is -1.92. The number of rotatable bonds is 10. The Kier molecular flexibility index (Phi) is 9.55. The van der Waals surface area contributed by atoms with Crippen molar-refractivity contribution in [2.45, 2.75) is 31.6 Å². The molecule has 1 heterocycles. The average molecular weight is 543 g/mol. The molecule has 0 radical (unpaired) electrons. The van der Waals surface area contributed by atoms with E-state index >= 15 is 0 Å². The van der Waals surface area contributed by atoms with E-state index in [0.29, 0.717) is 36.1 Å². The molecule has 3 aromatic rings. The van der Waals surface area contributed by atoms with Crippen molar-refractivity contribution in [3.63, 3.8) is 0 Å². The normalized spacial score (nSPS) is 11.4. The van der Waals surface area contributed by atoms with Gasteiger partial charge in [-0.15, -0.1) is 0 Å². The number of fused-ring (bicyclic) bond motifs is 1. The predicted molar refractivity (Wildman–Crippen MR) is 141 cm³/mol. The van der Waals surface area contributed by atoms with Crippen LogP contribution in [0.4, 0.5) is 0 Å². The highest BCUT2D eigenvalue weighted by molar-refractivity contribution is 6.53. The van der Waals surface area contributed by atoms with Crippen LogP contribution in [0.5, 0.6) is 0 Å². The highest BCUT2D eigenvalue weighted by Crippen LogP contribution is 2.24. The number of H-pyrrole nitrogens is 1. The van der Waals surface area contributed by atoms with Gasteiger partial charge in [0.1, 0.15) is 0 Å². The van der Waals surface area contributed by atoms with Crippen LogP contribution in [-0.2, 0) is 22.6 Å². The number of nitrogens with zero attached hydrogens (tertiary/aromatic N) is 2. The van der Waals surface area contributed by atoms with Gasteiger partial charge in [-0.2, -0.15) is 0 Å². The Morgan fingerprint density at radius 2 is 1.74 bits per heavy atom. The van der Waals surface area contributed by atoms with Gasteiger partial charge in [0.15, 0.2) is 4.84 Å². The molecule has 9 heteroatoms. The van der Waals surface area contributed by atoms with Gasteiger partial charge in [-0.3, -0.25) is 9.59 Å². The molecule has 0 aliphatic rings. The zero-order valence-electron chi connectivity index (χ0n) is 19.0. The van der Waals surface area contributed by atoms with E-state index in [9.17, 15) is 9.59 Å². The van der Waals surface area contributed by atoms with Crippen LogP contribution in [0.2, 0.25) is 10.0 Å². The highest BCUT2D eigenvalue weighted by Gasteiger charge is 2.26. The zero-order valence-corrected chi connectivity index (χ0v) is 22.1. The van der Waals surface area contributed by atoms with Gasteiger partial charge >= 0.3 is 0 Å². The monoisotopic (exact) mass is 541 g/mol. The number of aromatic amines is 1. The number of amides is 2. The van der Waals surface area contributed by atoms with Crippen molar-refractivity contribution in [3.8, 4) is 0 Å². The van der Waals surface area contributed by atoms with Crippen molar-refractivity contribution >= 4 is 69.1 Å². The van der Waals surface area contributed by atoms with Crippen LogP contribution in [0.25, 0.3) is 10.9 Å². The molecule has 34 heavy (non-hydrogen) atoms. The Morgan fingerprint density at radius 3 is 2.41 bits per heavy atom. The van der Waals surface area contributed by atoms with Crippen LogP contribution in [0.15, 0.2) is 48.7 Å². The number of para-hydroxylation sites is 1. The molecular weight excluding hydrogens is 516 g/mol. The smallest absolute Gasteiger partial charge is 0.256 e. The number of hydrogen-bond donors (Lipinski definition) is 1. The second-order valence-corrected chi connectivity index (χ2v) is 10.5. The summed E-state index contributed by atoms with van der Waals surface area (Å²) in [5, 5.41) is 1.99. The minimum atomic E-state index is -1.22. The number of aromatic nitrogens is 1. The molecule has 3 rings (SSSR count). The summed E-state index contributed by atoms with van der Waals surface area (Å²) in [6.45, 7) is 4.98. The van der Waals surface area contributed by atoms with Crippen LogP contribution in [0, 0.1) is 5.92 Å². The summed E-state index contributed by atoms with van der Waals surface area (Å²) in [5.41, 5.74) is 3.00. The minimum Gasteiger partial charge on any atom is -0.361 e. The van der Waals surface area contributed by atoms with E-state index in [-0.39, 0.29) is 18.4 Å². The van der Waals surface area contributed by atoms with E-state index < -0.39 is 10.7 Å². The number of halogens is 4. The number of benzene rings is 2. The third-order valence-electron chi connectivity index (χ3n) is 5.45. The van der Waals surface area contributed by atoms with Crippen molar-refractivity contribution in [1.29, 1.82) is 0 Å². The predicted octanol–water partition coefficient (Wildman–Crippen LogP) is 6.33. The lowest BCUT2D eigenvalue weighted by molar-refractivity contribution is -0.140. The van der Waals surface area contributed by atoms with Gasteiger partial charge in [-0.05, 0) is 41.7 Å². The lowest BCUT2D eigenvalue weighted by atomic mass is 10.1. The second kappa shape index (κ2) is 12.2. The van der Waals surface area contributed by atoms with Gasteiger partial charge in [0.05, 0.1) is 16.6 Å². The van der Waals surface area contributed by atoms with Gasteiger partial charge in [0.25, 0.3) is 5.91 Å². The number of nitrogens with one attached hydrogen (secondary N) is 1. The maximum absolute atomic E-state index is 13.4. The zero-order chi connectivity index (χ0) is 24.8. The molecule has 0 saturated heterocycles. The van der Waals surface area contributed by atoms with Gasteiger partial charge in [-0.25, -0.2) is 0 Å². The SMILES string of the molecule is CC(C)CN(CC(=O)N(CCc1c[nH]c2ccccc12)Cc1ccc(Cl)c(Cl)c1)C(=O)C(Cl)Cl. The van der Waals surface area contributed by atoms with E-state index in [2.05, 4.69) is 11.1 Å². The van der Waals surface area contributed by atoms with Crippen LogP contribution in [-0.4, -0.2) is 51.1 Å². The molecule has 0 aliphatic carbocycles. The van der Waals surface area contributed by atoms with Gasteiger partial charge in [0, 0.05) is 36.7 Å². The standard InChI is InChI=1S/C25H27Cl4N3O2/c1-16(2)13-32(25(34)24(28)29)15-23(33)31(14-17-7-8-20(26)21(27)11-17)10-9-18-12-30-22-6-4-3-5-19(18)22/h3-8,11-12,16,24,30H,9-10,13-15H2,1-2H3. The average Bonchev–Trinajstić information content (AvgIpc) is 3.20. The maximum Gasteiger partial charge on any atom is 0.256 e. The second-order valence-electron chi connectivity index (χ2n) is 8.59. The summed E-state index contributed by atoms with van der Waals surface area (Å²) in [5.74, 6) is -0.524. The van der Waals surface area contributed by atoms with Gasteiger partial charge in [-0.1, -0.05) is 84.5 Å². The van der Waals surface area contributed by atoms with E-state index in [1.807, 2.05) is 44.3 Å². The summed E-state index contributed by atoms with van der Waals surface area (Å²) in [6, 6.07) is 13.3. The van der Waals surface area contributed by atoms with E-state index in [4.69, 9.17) is 46.4 Å². The summed E-state index contributed by atoms with van der Waals surface area (Å²) in [6.07, 6.45) is 2.61. The van der Waals surface area contributed by atoms with Crippen molar-refractivity contribution < 1.29 is 9.59 Å². The summed E-state index contributed by atoms with van der Waals surface area (Å²) < 4.78 is 0. The molecule has 0 saturated carbocycles. The van der Waals surface area contributed by atoms with Crippen molar-refractivity contribution in [1.82, 2.24) is 14.8 Å². The maximum atomic E-state index is 13.4. The first-order chi connectivity index (χ1) is 16.2. The molecule has 0 unspecified atom stereocenters. The van der Waals surface area contributed by atoms with Gasteiger partial charge in [0.2, 0.25) is 5.91 Å². The Labute approximate surface area is 219 Å². The Bertz CT molecular complexity index is 1150. The van der Waals surface area contributed by atoms with Gasteiger partial charge < -0.3 is 14.8 Å². The van der Waals surface area contributed by atoms with Crippen LogP contribution in [0.3, 0.4) is 0 Å². The topological polar surface area (TPSA) is 56.4 Å². The molecule has 0 spiro atoms. The lowest BCUT2D eigenvalue weighted by Crippen LogP contribution is -2.46. The molecule has 2 aromatic carbocycles. The molecule has 0 bridgehead atoms. The fourth-order valence-electron chi connectivity index (χ4n) is 3.82. The first-order valence-corrected chi connectivity index (χ1v) is 12.6. The molecule has 1 N–H and O–H groups in total. The Morgan fingerprint density at radius 1 is 1.00 bits per heavy atom. The number of alkyl halides is 2. The van der Waals surface area contributed by atoms with Crippen LogP contribution < -0.4 is 0 Å². The molecule has 0 atom stereocenters. The number of carbonyl (C=O) groups excluding carboxylic acids is 2. The first kappa shape index (κ1) is 26.7. The van der Waals surface area contributed by atoms with Crippen molar-refractivity contribution in [2.24, 2.45) is 5.92 Å². The third-order valence-corrected chi connectivity index (χ3v) is 6.56. The van der Waals surface area contributed by atoms with Crippen molar-refractivity contribution in [3.05, 3.63) is 69.8 Å². The highest BCUT2D eigenvalue weighted by atomic mass is 35.5. The van der Waals surface area contributed by atoms with E-state index in [0.717, 1.165) is 22.0 Å². The first-order valence-electron chi connectivity index (χ1n) is 11.0. The molecule has 182 valence electrons. The van der Waals surface area contributed by atoms with Crippen LogP contribution in [0.1, 0.15) is 25.0 Å². The number of hydrogen-bond acceptors (Lipinski definition) is 2. The van der Waals surface area contributed by atoms with E-state index in [1.54, 1.807) is 17.0 Å². The molecule has 1 aromatic heterocycles. The minimum absolute atomic E-state index is 0.109. The molecule has 5 nitrogen and oxygen atoms in total. The summed E-state index contributed by atoms with van der Waals surface area (Å²) in [7, 11) is 0. The molecule has 2 amide bonds. The number of carbonyl (C=O) groups is 2. The van der Waals surface area contributed by atoms with E-state index in [1.165, 1.54) is 4.90 Å². The largest absolute Gasteiger partial charge is 0.361 e. The summed E-state index contributed by atoms with van der Waals surface area (Å²) >= 11 is 23.9. The third kappa shape index (κ3) is 7.05. The lowest BCUT2D eigenvalue weighted by Gasteiger charge is -2.29.